The molecule has 1 aliphatic rings. The van der Waals surface area contributed by atoms with Crippen LogP contribution in [-0.4, -0.2) is 48.6 Å². The zero-order chi connectivity index (χ0) is 15.2. The third-order valence-corrected chi connectivity index (χ3v) is 4.95. The zero-order valence-electron chi connectivity index (χ0n) is 12.1. The van der Waals surface area contributed by atoms with Crippen molar-refractivity contribution >= 4 is 33.6 Å². The molecule has 0 radical (unpaired) electrons. The van der Waals surface area contributed by atoms with Crippen molar-refractivity contribution in [1.82, 2.24) is 4.90 Å². The first-order chi connectivity index (χ1) is 10.1. The summed E-state index contributed by atoms with van der Waals surface area (Å²) in [6.07, 6.45) is 2.65. The van der Waals surface area contributed by atoms with Crippen molar-refractivity contribution in [3.8, 4) is 0 Å². The first-order valence-corrected chi connectivity index (χ1v) is 9.21. The quantitative estimate of drug-likeness (QED) is 0.862. The molecule has 0 spiro atoms. The number of carbonyl (C=O) groups excluding carboxylic acids is 1. The van der Waals surface area contributed by atoms with E-state index in [-0.39, 0.29) is 12.0 Å². The van der Waals surface area contributed by atoms with Crippen LogP contribution in [0.5, 0.6) is 0 Å². The molecule has 4 nitrogen and oxygen atoms in total. The van der Waals surface area contributed by atoms with E-state index in [9.17, 15) is 4.79 Å². The van der Waals surface area contributed by atoms with Gasteiger partial charge >= 0.3 is 0 Å². The van der Waals surface area contributed by atoms with Gasteiger partial charge in [-0.2, -0.15) is 11.8 Å². The summed E-state index contributed by atoms with van der Waals surface area (Å²) >= 11 is 5.25. The molecule has 0 bridgehead atoms. The predicted octanol–water partition coefficient (Wildman–Crippen LogP) is 2.43. The summed E-state index contributed by atoms with van der Waals surface area (Å²) in [5.41, 5.74) is 7.07. The van der Waals surface area contributed by atoms with Crippen LogP contribution in [0.15, 0.2) is 28.7 Å². The maximum Gasteiger partial charge on any atom is 0.239 e. The number of thioether (sulfide) groups is 1. The summed E-state index contributed by atoms with van der Waals surface area (Å²) in [5.74, 6) is 0.940. The smallest absolute Gasteiger partial charge is 0.239 e. The molecule has 1 heterocycles. The van der Waals surface area contributed by atoms with Crippen molar-refractivity contribution in [2.75, 3.05) is 31.7 Å². The molecule has 0 aromatic heterocycles. The molecule has 1 aliphatic heterocycles. The molecule has 1 amide bonds. The van der Waals surface area contributed by atoms with E-state index in [0.717, 1.165) is 22.2 Å². The second kappa shape index (κ2) is 8.17. The van der Waals surface area contributed by atoms with Crippen molar-refractivity contribution in [3.05, 3.63) is 34.3 Å². The van der Waals surface area contributed by atoms with Gasteiger partial charge in [-0.25, -0.2) is 0 Å². The molecule has 1 fully saturated rings. The maximum atomic E-state index is 12.4. The molecule has 0 saturated carbocycles. The van der Waals surface area contributed by atoms with E-state index in [0.29, 0.717) is 19.7 Å². The Hall–Kier alpha value is -0.560. The number of morpholine rings is 1. The first kappa shape index (κ1) is 16.8. The lowest BCUT2D eigenvalue weighted by Crippen LogP contribution is -2.49. The fourth-order valence-electron chi connectivity index (χ4n) is 2.38. The normalized spacial score (nSPS) is 20.3. The van der Waals surface area contributed by atoms with Crippen molar-refractivity contribution < 1.29 is 9.53 Å². The van der Waals surface area contributed by atoms with Gasteiger partial charge < -0.3 is 15.4 Å². The molecule has 2 rings (SSSR count). The Morgan fingerprint density at radius 3 is 3.05 bits per heavy atom. The van der Waals surface area contributed by atoms with Crippen LogP contribution in [0.1, 0.15) is 18.1 Å². The standard InChI is InChI=1S/C15H21BrN2O2S/c1-21-9-6-13(17)15(19)18-7-8-20-14(10-18)11-4-2-3-5-12(11)16/h2-5,13-14H,6-10,17H2,1H3/t13-,14-/m0/s1. The Balaban J connectivity index is 2.00. The third kappa shape index (κ3) is 4.45. The minimum absolute atomic E-state index is 0.0319. The van der Waals surface area contributed by atoms with Gasteiger partial charge in [-0.15, -0.1) is 0 Å². The highest BCUT2D eigenvalue weighted by Gasteiger charge is 2.28. The van der Waals surface area contributed by atoms with E-state index in [1.807, 2.05) is 35.4 Å². The summed E-state index contributed by atoms with van der Waals surface area (Å²) in [6.45, 7) is 1.73. The highest BCUT2D eigenvalue weighted by atomic mass is 79.9. The van der Waals surface area contributed by atoms with Crippen molar-refractivity contribution in [1.29, 1.82) is 0 Å². The minimum Gasteiger partial charge on any atom is -0.370 e. The van der Waals surface area contributed by atoms with Gasteiger partial charge in [0.25, 0.3) is 0 Å². The number of hydrogen-bond acceptors (Lipinski definition) is 4. The van der Waals surface area contributed by atoms with E-state index in [1.165, 1.54) is 0 Å². The van der Waals surface area contributed by atoms with Crippen molar-refractivity contribution in [2.24, 2.45) is 5.73 Å². The SMILES string of the molecule is CSCC[C@H](N)C(=O)N1CCO[C@H](c2ccccc2Br)C1. The summed E-state index contributed by atoms with van der Waals surface area (Å²) in [5, 5.41) is 0. The topological polar surface area (TPSA) is 55.6 Å². The predicted molar refractivity (Wildman–Crippen MR) is 90.4 cm³/mol. The Labute approximate surface area is 138 Å². The molecule has 1 aromatic rings. The van der Waals surface area contributed by atoms with E-state index < -0.39 is 6.04 Å². The molecule has 6 heteroatoms. The fraction of sp³-hybridized carbons (Fsp3) is 0.533. The number of nitrogens with two attached hydrogens (primary N) is 1. The molecule has 1 aromatic carbocycles. The summed E-state index contributed by atoms with van der Waals surface area (Å²) < 4.78 is 6.83. The van der Waals surface area contributed by atoms with E-state index in [2.05, 4.69) is 15.9 Å². The van der Waals surface area contributed by atoms with Gasteiger partial charge in [-0.1, -0.05) is 34.1 Å². The highest BCUT2D eigenvalue weighted by molar-refractivity contribution is 9.10. The molecule has 2 atom stereocenters. The van der Waals surface area contributed by atoms with Crippen LogP contribution >= 0.6 is 27.7 Å². The number of ether oxygens (including phenoxy) is 1. The molecule has 0 aliphatic carbocycles. The number of nitrogens with zero attached hydrogens (tertiary/aromatic N) is 1. The lowest BCUT2D eigenvalue weighted by atomic mass is 10.1. The van der Waals surface area contributed by atoms with Gasteiger partial charge in [0.2, 0.25) is 5.91 Å². The molecular weight excluding hydrogens is 352 g/mol. The average Bonchev–Trinajstić information content (AvgIpc) is 2.52. The number of halogens is 1. The Morgan fingerprint density at radius 2 is 2.33 bits per heavy atom. The molecule has 2 N–H and O–H groups in total. The highest BCUT2D eigenvalue weighted by Crippen LogP contribution is 2.28. The first-order valence-electron chi connectivity index (χ1n) is 7.02. The lowest BCUT2D eigenvalue weighted by Gasteiger charge is -2.35. The van der Waals surface area contributed by atoms with Gasteiger partial charge in [0.1, 0.15) is 6.10 Å². The third-order valence-electron chi connectivity index (χ3n) is 3.58. The second-order valence-corrected chi connectivity index (χ2v) is 6.89. The van der Waals surface area contributed by atoms with E-state index in [1.54, 1.807) is 11.8 Å². The van der Waals surface area contributed by atoms with Crippen molar-refractivity contribution in [2.45, 2.75) is 18.6 Å². The number of hydrogen-bond donors (Lipinski definition) is 1. The van der Waals surface area contributed by atoms with E-state index >= 15 is 0 Å². The number of carbonyl (C=O) groups is 1. The zero-order valence-corrected chi connectivity index (χ0v) is 14.5. The minimum atomic E-state index is -0.407. The number of amides is 1. The molecule has 0 unspecified atom stereocenters. The van der Waals surface area contributed by atoms with Gasteiger partial charge in [0.15, 0.2) is 0 Å². The van der Waals surface area contributed by atoms with Gasteiger partial charge in [-0.05, 0) is 30.1 Å². The Bertz CT molecular complexity index is 486. The summed E-state index contributed by atoms with van der Waals surface area (Å²) in [7, 11) is 0. The molecular formula is C15H21BrN2O2S. The average molecular weight is 373 g/mol. The van der Waals surface area contributed by atoms with Crippen LogP contribution in [0.25, 0.3) is 0 Å². The Kier molecular flexibility index (Phi) is 6.54. The van der Waals surface area contributed by atoms with Crippen LogP contribution in [0.4, 0.5) is 0 Å². The largest absolute Gasteiger partial charge is 0.370 e. The van der Waals surface area contributed by atoms with Gasteiger partial charge in [0.05, 0.1) is 19.2 Å². The van der Waals surface area contributed by atoms with Crippen LogP contribution in [0, 0.1) is 0 Å². The monoisotopic (exact) mass is 372 g/mol. The number of rotatable bonds is 5. The van der Waals surface area contributed by atoms with Gasteiger partial charge in [0, 0.05) is 11.0 Å². The summed E-state index contributed by atoms with van der Waals surface area (Å²) in [6, 6.07) is 7.56. The van der Waals surface area contributed by atoms with Crippen LogP contribution in [0.3, 0.4) is 0 Å². The fourth-order valence-corrected chi connectivity index (χ4v) is 3.41. The number of benzene rings is 1. The van der Waals surface area contributed by atoms with Gasteiger partial charge in [-0.3, -0.25) is 4.79 Å². The van der Waals surface area contributed by atoms with Crippen LogP contribution < -0.4 is 5.73 Å². The molecule has 1 saturated heterocycles. The summed E-state index contributed by atoms with van der Waals surface area (Å²) in [4.78, 5) is 14.2. The second-order valence-electron chi connectivity index (χ2n) is 5.05. The molecule has 116 valence electrons. The van der Waals surface area contributed by atoms with Crippen LogP contribution in [0.2, 0.25) is 0 Å². The maximum absolute atomic E-state index is 12.4. The molecule has 21 heavy (non-hydrogen) atoms. The lowest BCUT2D eigenvalue weighted by molar-refractivity contribution is -0.140. The van der Waals surface area contributed by atoms with E-state index in [4.69, 9.17) is 10.5 Å². The van der Waals surface area contributed by atoms with Crippen molar-refractivity contribution in [3.63, 3.8) is 0 Å². The Morgan fingerprint density at radius 1 is 1.57 bits per heavy atom. The van der Waals surface area contributed by atoms with Crippen LogP contribution in [-0.2, 0) is 9.53 Å².